The van der Waals surface area contributed by atoms with E-state index in [9.17, 15) is 16.8 Å². The number of hydrogen-bond donors (Lipinski definition) is 2. The molecule has 0 aliphatic rings. The van der Waals surface area contributed by atoms with Gasteiger partial charge in [0.25, 0.3) is 20.0 Å². The fourth-order valence-corrected chi connectivity index (χ4v) is 3.52. The maximum atomic E-state index is 12.3. The third-order valence-corrected chi connectivity index (χ3v) is 5.47. The monoisotopic (exact) mass is 345 g/mol. The standard InChI is InChI=1S/C11H15N5O4S2/c1-3-16-8-9(7-14-16)21(17,18)15-10-5-4-6-13-11(10)22(19,20)12-2/h4-8,12,15H,3H2,1-2H3. The van der Waals surface area contributed by atoms with E-state index in [-0.39, 0.29) is 10.6 Å². The summed E-state index contributed by atoms with van der Waals surface area (Å²) in [6.07, 6.45) is 3.80. The summed E-state index contributed by atoms with van der Waals surface area (Å²) in [5.74, 6) is 0. The zero-order valence-corrected chi connectivity index (χ0v) is 13.5. The van der Waals surface area contributed by atoms with E-state index in [2.05, 4.69) is 19.5 Å². The van der Waals surface area contributed by atoms with Gasteiger partial charge in [0.1, 0.15) is 4.90 Å². The zero-order chi connectivity index (χ0) is 16.4. The van der Waals surface area contributed by atoms with Crippen LogP contribution in [0.3, 0.4) is 0 Å². The van der Waals surface area contributed by atoms with Crippen LogP contribution in [0.15, 0.2) is 40.6 Å². The maximum Gasteiger partial charge on any atom is 0.265 e. The highest BCUT2D eigenvalue weighted by Gasteiger charge is 2.23. The van der Waals surface area contributed by atoms with Crippen molar-refractivity contribution in [3.05, 3.63) is 30.7 Å². The van der Waals surface area contributed by atoms with Gasteiger partial charge < -0.3 is 0 Å². The molecule has 2 aromatic heterocycles. The van der Waals surface area contributed by atoms with Crippen LogP contribution in [0.5, 0.6) is 0 Å². The Balaban J connectivity index is 2.43. The molecular weight excluding hydrogens is 330 g/mol. The SMILES string of the molecule is CCn1cc(S(=O)(=O)Nc2cccnc2S(=O)(=O)NC)cn1. The number of pyridine rings is 1. The van der Waals surface area contributed by atoms with Crippen molar-refractivity contribution in [1.29, 1.82) is 0 Å². The van der Waals surface area contributed by atoms with Crippen molar-refractivity contribution in [3.8, 4) is 0 Å². The Kier molecular flexibility index (Phi) is 4.49. The number of aryl methyl sites for hydroxylation is 1. The number of hydrogen-bond acceptors (Lipinski definition) is 6. The van der Waals surface area contributed by atoms with Crippen LogP contribution in [0.1, 0.15) is 6.92 Å². The predicted molar refractivity (Wildman–Crippen MR) is 79.2 cm³/mol. The maximum absolute atomic E-state index is 12.3. The Morgan fingerprint density at radius 2 is 1.95 bits per heavy atom. The molecule has 9 nitrogen and oxygen atoms in total. The Labute approximate surface area is 128 Å². The molecule has 2 aromatic rings. The lowest BCUT2D eigenvalue weighted by atomic mass is 10.4. The lowest BCUT2D eigenvalue weighted by Gasteiger charge is -2.10. The second-order valence-electron chi connectivity index (χ2n) is 4.20. The van der Waals surface area contributed by atoms with Gasteiger partial charge in [0.05, 0.1) is 11.9 Å². The van der Waals surface area contributed by atoms with Crippen LogP contribution in [0.4, 0.5) is 5.69 Å². The van der Waals surface area contributed by atoms with Crippen LogP contribution < -0.4 is 9.44 Å². The number of nitrogens with one attached hydrogen (secondary N) is 2. The van der Waals surface area contributed by atoms with Gasteiger partial charge in [-0.25, -0.2) is 26.5 Å². The second-order valence-corrected chi connectivity index (χ2v) is 7.69. The molecule has 0 saturated heterocycles. The Morgan fingerprint density at radius 3 is 2.55 bits per heavy atom. The number of aromatic nitrogens is 3. The first kappa shape index (κ1) is 16.4. The van der Waals surface area contributed by atoms with Gasteiger partial charge in [0.2, 0.25) is 0 Å². The van der Waals surface area contributed by atoms with E-state index in [1.165, 1.54) is 42.5 Å². The first-order valence-corrected chi connectivity index (χ1v) is 9.20. The topological polar surface area (TPSA) is 123 Å². The van der Waals surface area contributed by atoms with Crippen LogP contribution in [0, 0.1) is 0 Å². The summed E-state index contributed by atoms with van der Waals surface area (Å²) in [4.78, 5) is 3.66. The van der Waals surface area contributed by atoms with Gasteiger partial charge >= 0.3 is 0 Å². The number of nitrogens with zero attached hydrogens (tertiary/aromatic N) is 3. The van der Waals surface area contributed by atoms with Crippen LogP contribution >= 0.6 is 0 Å². The Morgan fingerprint density at radius 1 is 1.23 bits per heavy atom. The smallest absolute Gasteiger partial charge is 0.265 e. The molecule has 0 aromatic carbocycles. The van der Waals surface area contributed by atoms with Crippen LogP contribution in [-0.2, 0) is 26.6 Å². The van der Waals surface area contributed by atoms with Gasteiger partial charge in [0, 0.05) is 18.9 Å². The van der Waals surface area contributed by atoms with Gasteiger partial charge in [0.15, 0.2) is 5.03 Å². The molecule has 0 spiro atoms. The molecule has 0 atom stereocenters. The molecule has 0 fully saturated rings. The van der Waals surface area contributed by atoms with Gasteiger partial charge in [-0.15, -0.1) is 0 Å². The molecule has 11 heteroatoms. The average molecular weight is 345 g/mol. The molecule has 2 rings (SSSR count). The summed E-state index contributed by atoms with van der Waals surface area (Å²) >= 11 is 0. The molecule has 2 heterocycles. The number of anilines is 1. The highest BCUT2D eigenvalue weighted by molar-refractivity contribution is 7.93. The molecule has 22 heavy (non-hydrogen) atoms. The molecule has 120 valence electrons. The largest absolute Gasteiger partial charge is 0.277 e. The second kappa shape index (κ2) is 6.02. The lowest BCUT2D eigenvalue weighted by molar-refractivity contribution is 0.585. The van der Waals surface area contributed by atoms with Gasteiger partial charge in [-0.1, -0.05) is 0 Å². The highest BCUT2D eigenvalue weighted by Crippen LogP contribution is 2.21. The van der Waals surface area contributed by atoms with Crippen LogP contribution in [0.2, 0.25) is 0 Å². The zero-order valence-electron chi connectivity index (χ0n) is 11.9. The summed E-state index contributed by atoms with van der Waals surface area (Å²) in [6.45, 7) is 2.33. The van der Waals surface area contributed by atoms with E-state index >= 15 is 0 Å². The summed E-state index contributed by atoms with van der Waals surface area (Å²) in [5.41, 5.74) is -0.138. The molecule has 0 saturated carbocycles. The van der Waals surface area contributed by atoms with Gasteiger partial charge in [-0.2, -0.15) is 5.10 Å². The number of rotatable bonds is 6. The minimum absolute atomic E-state index is 0.0639. The van der Waals surface area contributed by atoms with Crippen LogP contribution in [-0.4, -0.2) is 38.6 Å². The fraction of sp³-hybridized carbons (Fsp3) is 0.273. The third kappa shape index (κ3) is 3.26. The summed E-state index contributed by atoms with van der Waals surface area (Å²) in [6, 6.07) is 2.75. The van der Waals surface area contributed by atoms with Crippen LogP contribution in [0.25, 0.3) is 0 Å². The van der Waals surface area contributed by atoms with E-state index in [0.717, 1.165) is 0 Å². The van der Waals surface area contributed by atoms with Crippen molar-refractivity contribution in [2.24, 2.45) is 0 Å². The quantitative estimate of drug-likeness (QED) is 0.760. The minimum atomic E-state index is -3.96. The first-order chi connectivity index (χ1) is 10.3. The van der Waals surface area contributed by atoms with Crippen molar-refractivity contribution in [3.63, 3.8) is 0 Å². The van der Waals surface area contributed by atoms with Crippen molar-refractivity contribution in [2.45, 2.75) is 23.4 Å². The summed E-state index contributed by atoms with van der Waals surface area (Å²) in [7, 11) is -6.64. The van der Waals surface area contributed by atoms with E-state index in [0.29, 0.717) is 6.54 Å². The Bertz CT molecular complexity index is 873. The highest BCUT2D eigenvalue weighted by atomic mass is 32.2. The molecule has 0 bridgehead atoms. The molecule has 0 radical (unpaired) electrons. The molecule has 0 aliphatic carbocycles. The van der Waals surface area contributed by atoms with Gasteiger partial charge in [-0.3, -0.25) is 9.40 Å². The first-order valence-electron chi connectivity index (χ1n) is 6.24. The van der Waals surface area contributed by atoms with Crippen molar-refractivity contribution in [1.82, 2.24) is 19.5 Å². The third-order valence-electron chi connectivity index (χ3n) is 2.78. The minimum Gasteiger partial charge on any atom is -0.277 e. The normalized spacial score (nSPS) is 12.3. The molecule has 2 N–H and O–H groups in total. The fourth-order valence-electron chi connectivity index (χ4n) is 1.64. The average Bonchev–Trinajstić information content (AvgIpc) is 2.97. The molecule has 0 unspecified atom stereocenters. The van der Waals surface area contributed by atoms with Crippen molar-refractivity contribution in [2.75, 3.05) is 11.8 Å². The Hall–Kier alpha value is -1.98. The molecule has 0 amide bonds. The van der Waals surface area contributed by atoms with Gasteiger partial charge in [-0.05, 0) is 26.1 Å². The summed E-state index contributed by atoms with van der Waals surface area (Å²) in [5, 5.41) is 3.48. The van der Waals surface area contributed by atoms with Crippen molar-refractivity contribution < 1.29 is 16.8 Å². The molecule has 0 aliphatic heterocycles. The van der Waals surface area contributed by atoms with E-state index in [1.807, 2.05) is 6.92 Å². The predicted octanol–water partition coefficient (Wildman–Crippen LogP) is 0.00690. The van der Waals surface area contributed by atoms with E-state index < -0.39 is 25.1 Å². The van der Waals surface area contributed by atoms with E-state index in [1.54, 1.807) is 0 Å². The van der Waals surface area contributed by atoms with Crippen molar-refractivity contribution >= 4 is 25.7 Å². The molecular formula is C11H15N5O4S2. The lowest BCUT2D eigenvalue weighted by Crippen LogP contribution is -2.23. The van der Waals surface area contributed by atoms with E-state index in [4.69, 9.17) is 0 Å². The number of sulfonamides is 2. The summed E-state index contributed by atoms with van der Waals surface area (Å²) < 4.78 is 54.1.